The van der Waals surface area contributed by atoms with Gasteiger partial charge in [-0.2, -0.15) is 0 Å². The Bertz CT molecular complexity index is 5040. The Morgan fingerprint density at radius 3 is 0.817 bits per heavy atom. The lowest BCUT2D eigenvalue weighted by atomic mass is 10.0. The van der Waals surface area contributed by atoms with E-state index in [1.54, 1.807) is 0 Å². The van der Waals surface area contributed by atoms with Gasteiger partial charge in [-0.3, -0.25) is 0 Å². The molecular formula is C75H47N7. The number of para-hydroxylation sites is 5. The van der Waals surface area contributed by atoms with Gasteiger partial charge < -0.3 is 18.3 Å². The smallest absolute Gasteiger partial charge is 0.164 e. The number of benzene rings is 12. The molecule has 17 rings (SSSR count). The van der Waals surface area contributed by atoms with Crippen molar-refractivity contribution >= 4 is 87.2 Å². The average molecular weight is 1050 g/mol. The summed E-state index contributed by atoms with van der Waals surface area (Å²) in [6.45, 7) is 0. The standard InChI is InChI=1S/C75H47N7/c1-3-17-49(18-4-1)73-76-74(50-19-5-2-6-20-50)78-75(77-73)51-33-38-53(39-34-51)79-65-26-12-11-25-61(65)62-42-35-52(45-70(62)79)48-31-36-54(37-32-48)80-71-46-55(81-66-27-13-7-21-57(66)58-22-8-14-28-67(58)81)40-43-63(71)64-44-41-56(47-72(64)80)82-68-29-15-9-23-59(68)60-24-10-16-30-69(60)82/h1-47H. The summed E-state index contributed by atoms with van der Waals surface area (Å²) in [6, 6.07) is 103. The maximum atomic E-state index is 5.02. The predicted molar refractivity (Wildman–Crippen MR) is 339 cm³/mol. The summed E-state index contributed by atoms with van der Waals surface area (Å²) in [5, 5.41) is 9.77. The van der Waals surface area contributed by atoms with Gasteiger partial charge in [0, 0.05) is 82.5 Å². The van der Waals surface area contributed by atoms with Crippen molar-refractivity contribution in [1.29, 1.82) is 0 Å². The molecule has 0 aliphatic rings. The van der Waals surface area contributed by atoms with Crippen molar-refractivity contribution in [3.63, 3.8) is 0 Å². The fourth-order valence-corrected chi connectivity index (χ4v) is 12.9. The molecule has 17 aromatic rings. The van der Waals surface area contributed by atoms with E-state index in [-0.39, 0.29) is 0 Å². The summed E-state index contributed by atoms with van der Waals surface area (Å²) in [6.07, 6.45) is 0. The Morgan fingerprint density at radius 1 is 0.171 bits per heavy atom. The molecule has 0 unspecified atom stereocenters. The molecule has 7 heteroatoms. The Balaban J connectivity index is 0.800. The summed E-state index contributed by atoms with van der Waals surface area (Å²) in [4.78, 5) is 15.0. The maximum Gasteiger partial charge on any atom is 0.164 e. The fourth-order valence-electron chi connectivity index (χ4n) is 12.9. The van der Waals surface area contributed by atoms with Crippen molar-refractivity contribution < 1.29 is 0 Å². The highest BCUT2D eigenvalue weighted by atomic mass is 15.0. The van der Waals surface area contributed by atoms with Crippen LogP contribution in [0.4, 0.5) is 0 Å². The quantitative estimate of drug-likeness (QED) is 0.152. The van der Waals surface area contributed by atoms with E-state index >= 15 is 0 Å². The number of aromatic nitrogens is 7. The normalized spacial score (nSPS) is 11.9. The minimum atomic E-state index is 0.625. The molecule has 0 bridgehead atoms. The van der Waals surface area contributed by atoms with Crippen molar-refractivity contribution in [2.45, 2.75) is 0 Å². The van der Waals surface area contributed by atoms with Crippen LogP contribution >= 0.6 is 0 Å². The first-order chi connectivity index (χ1) is 40.7. The van der Waals surface area contributed by atoms with Crippen LogP contribution in [0.3, 0.4) is 0 Å². The number of rotatable bonds is 8. The van der Waals surface area contributed by atoms with E-state index in [0.717, 1.165) is 72.6 Å². The highest BCUT2D eigenvalue weighted by Crippen LogP contribution is 2.41. The lowest BCUT2D eigenvalue weighted by molar-refractivity contribution is 1.07. The molecule has 0 N–H and O–H groups in total. The van der Waals surface area contributed by atoms with Gasteiger partial charge in [-0.1, -0.05) is 188 Å². The fraction of sp³-hybridized carbons (Fsp3) is 0. The van der Waals surface area contributed by atoms with Crippen LogP contribution in [-0.4, -0.2) is 33.2 Å². The molecule has 0 atom stereocenters. The van der Waals surface area contributed by atoms with Gasteiger partial charge in [0.05, 0.1) is 44.1 Å². The summed E-state index contributed by atoms with van der Waals surface area (Å²) >= 11 is 0. The zero-order chi connectivity index (χ0) is 53.8. The second-order valence-corrected chi connectivity index (χ2v) is 21.2. The van der Waals surface area contributed by atoms with Crippen molar-refractivity contribution in [2.75, 3.05) is 0 Å². The summed E-state index contributed by atoms with van der Waals surface area (Å²) in [5.41, 5.74) is 18.7. The highest BCUT2D eigenvalue weighted by molar-refractivity contribution is 6.14. The van der Waals surface area contributed by atoms with E-state index in [0.29, 0.717) is 17.5 Å². The lowest BCUT2D eigenvalue weighted by Gasteiger charge is -2.13. The first-order valence-electron chi connectivity index (χ1n) is 27.8. The Labute approximate surface area is 471 Å². The molecule has 7 nitrogen and oxygen atoms in total. The van der Waals surface area contributed by atoms with Crippen LogP contribution in [0.5, 0.6) is 0 Å². The van der Waals surface area contributed by atoms with Crippen LogP contribution < -0.4 is 0 Å². The largest absolute Gasteiger partial charge is 0.309 e. The molecular weight excluding hydrogens is 999 g/mol. The first kappa shape index (κ1) is 45.8. The average Bonchev–Trinajstić information content (AvgIpc) is 4.47. The Hall–Kier alpha value is -11.2. The molecule has 0 radical (unpaired) electrons. The number of nitrogens with zero attached hydrogens (tertiary/aromatic N) is 7. The Morgan fingerprint density at radius 2 is 0.427 bits per heavy atom. The minimum absolute atomic E-state index is 0.625. The highest BCUT2D eigenvalue weighted by Gasteiger charge is 2.21. The molecule has 0 amide bonds. The molecule has 0 saturated heterocycles. The van der Waals surface area contributed by atoms with E-state index in [1.807, 2.05) is 60.7 Å². The monoisotopic (exact) mass is 1050 g/mol. The summed E-state index contributed by atoms with van der Waals surface area (Å²) < 4.78 is 9.68. The minimum Gasteiger partial charge on any atom is -0.309 e. The molecule has 5 aromatic heterocycles. The number of fused-ring (bicyclic) bond motifs is 12. The van der Waals surface area contributed by atoms with Gasteiger partial charge in [-0.25, -0.2) is 15.0 Å². The third-order valence-corrected chi connectivity index (χ3v) is 16.6. The van der Waals surface area contributed by atoms with Crippen molar-refractivity contribution in [1.82, 2.24) is 33.2 Å². The van der Waals surface area contributed by atoms with Gasteiger partial charge >= 0.3 is 0 Å². The number of hydrogen-bond acceptors (Lipinski definition) is 3. The molecule has 0 aliphatic carbocycles. The molecule has 0 saturated carbocycles. The van der Waals surface area contributed by atoms with Gasteiger partial charge in [-0.05, 0) is 108 Å². The third-order valence-electron chi connectivity index (χ3n) is 16.6. The van der Waals surface area contributed by atoms with E-state index in [2.05, 4.69) is 243 Å². The van der Waals surface area contributed by atoms with Gasteiger partial charge in [0.2, 0.25) is 0 Å². The molecule has 0 fully saturated rings. The van der Waals surface area contributed by atoms with Crippen molar-refractivity contribution in [3.05, 3.63) is 285 Å². The van der Waals surface area contributed by atoms with Crippen LogP contribution in [0.2, 0.25) is 0 Å². The molecule has 0 spiro atoms. The molecule has 382 valence electrons. The van der Waals surface area contributed by atoms with Gasteiger partial charge in [-0.15, -0.1) is 0 Å². The second kappa shape index (κ2) is 18.2. The van der Waals surface area contributed by atoms with Crippen molar-refractivity contribution in [2.24, 2.45) is 0 Å². The molecule has 5 heterocycles. The van der Waals surface area contributed by atoms with E-state index in [1.165, 1.54) is 65.2 Å². The van der Waals surface area contributed by atoms with E-state index < -0.39 is 0 Å². The summed E-state index contributed by atoms with van der Waals surface area (Å²) in [7, 11) is 0. The topological polar surface area (TPSA) is 58.4 Å². The molecule has 82 heavy (non-hydrogen) atoms. The van der Waals surface area contributed by atoms with Crippen LogP contribution in [-0.2, 0) is 0 Å². The van der Waals surface area contributed by atoms with E-state index in [4.69, 9.17) is 15.0 Å². The third kappa shape index (κ3) is 7.13. The zero-order valence-corrected chi connectivity index (χ0v) is 44.3. The first-order valence-corrected chi connectivity index (χ1v) is 27.8. The Kier molecular flexibility index (Phi) is 10.2. The van der Waals surface area contributed by atoms with Gasteiger partial charge in [0.25, 0.3) is 0 Å². The number of hydrogen-bond donors (Lipinski definition) is 0. The molecule has 0 aliphatic heterocycles. The van der Waals surface area contributed by atoms with Crippen LogP contribution in [0.1, 0.15) is 0 Å². The van der Waals surface area contributed by atoms with Gasteiger partial charge in [0.15, 0.2) is 17.5 Å². The predicted octanol–water partition coefficient (Wildman–Crippen LogP) is 18.9. The lowest BCUT2D eigenvalue weighted by Crippen LogP contribution is -2.00. The van der Waals surface area contributed by atoms with Crippen LogP contribution in [0.15, 0.2) is 285 Å². The molecule has 12 aromatic carbocycles. The van der Waals surface area contributed by atoms with E-state index in [9.17, 15) is 0 Å². The van der Waals surface area contributed by atoms with Crippen LogP contribution in [0.25, 0.3) is 155 Å². The SMILES string of the molecule is c1ccc(-c2nc(-c3ccccc3)nc(-c3ccc(-n4c5ccccc5c5ccc(-c6ccc(-n7c8cc(-n9c%10ccccc%10c%10ccccc%109)ccc8c8ccc(-n9c%10ccccc%10c%10ccccc%109)cc87)cc6)cc54)cc3)n2)cc1. The van der Waals surface area contributed by atoms with Gasteiger partial charge in [0.1, 0.15) is 0 Å². The zero-order valence-electron chi connectivity index (χ0n) is 44.3. The maximum absolute atomic E-state index is 5.02. The van der Waals surface area contributed by atoms with Crippen molar-refractivity contribution in [3.8, 4) is 68.0 Å². The second-order valence-electron chi connectivity index (χ2n) is 21.2. The summed E-state index contributed by atoms with van der Waals surface area (Å²) in [5.74, 6) is 1.90. The van der Waals surface area contributed by atoms with Crippen LogP contribution in [0, 0.1) is 0 Å².